The summed E-state index contributed by atoms with van der Waals surface area (Å²) in [6.45, 7) is 6.50. The van der Waals surface area contributed by atoms with Gasteiger partial charge in [-0.15, -0.1) is 0 Å². The minimum absolute atomic E-state index is 0.0212. The lowest BCUT2D eigenvalue weighted by atomic mass is 10.1. The molecule has 292 valence electrons. The number of aryl methyl sites for hydroxylation is 1. The maximum absolute atomic E-state index is 13.6. The molecular weight excluding hydrogens is 681 g/mol. The first-order chi connectivity index (χ1) is 25.6. The van der Waals surface area contributed by atoms with Gasteiger partial charge >= 0.3 is 18.1 Å². The van der Waals surface area contributed by atoms with Gasteiger partial charge in [-0.3, -0.25) is 0 Å². The molecule has 0 aliphatic carbocycles. The summed E-state index contributed by atoms with van der Waals surface area (Å²) in [7, 11) is 0. The van der Waals surface area contributed by atoms with Crippen LogP contribution in [0.4, 0.5) is 13.2 Å². The molecule has 0 fully saturated rings. The zero-order valence-corrected chi connectivity index (χ0v) is 32.0. The van der Waals surface area contributed by atoms with Gasteiger partial charge in [0.15, 0.2) is 17.7 Å². The molecule has 0 unspecified atom stereocenters. The lowest BCUT2D eigenvalue weighted by molar-refractivity contribution is -0.206. The minimum Gasteiger partial charge on any atom is -0.490 e. The summed E-state index contributed by atoms with van der Waals surface area (Å²) in [6, 6.07) is 10.7. The van der Waals surface area contributed by atoms with Gasteiger partial charge in [0.05, 0.1) is 30.1 Å². The highest BCUT2D eigenvalue weighted by atomic mass is 19.4. The smallest absolute Gasteiger partial charge is 0.425 e. The fourth-order valence-corrected chi connectivity index (χ4v) is 6.12. The monoisotopic (exact) mass is 740 g/mol. The van der Waals surface area contributed by atoms with Crippen LogP contribution in [0.3, 0.4) is 0 Å². The fraction of sp³-hybridized carbons (Fsp3) is 0.581. The molecule has 0 aliphatic heterocycles. The summed E-state index contributed by atoms with van der Waals surface area (Å²) >= 11 is 0. The van der Waals surface area contributed by atoms with Crippen LogP contribution in [-0.4, -0.2) is 40.8 Å². The van der Waals surface area contributed by atoms with E-state index < -0.39 is 24.2 Å². The van der Waals surface area contributed by atoms with E-state index in [1.54, 1.807) is 43.6 Å². The van der Waals surface area contributed by atoms with E-state index in [-0.39, 0.29) is 23.3 Å². The fourth-order valence-electron chi connectivity index (χ4n) is 6.12. The number of carbonyl (C=O) groups is 2. The summed E-state index contributed by atoms with van der Waals surface area (Å²) < 4.78 is 57.1. The molecular formula is C43H59F3N2O5. The molecule has 10 heteroatoms. The maximum Gasteiger partial charge on any atom is 0.425 e. The molecule has 0 radical (unpaired) electrons. The Morgan fingerprint density at radius 2 is 1.19 bits per heavy atom. The van der Waals surface area contributed by atoms with Gasteiger partial charge in [0.1, 0.15) is 5.75 Å². The first kappa shape index (κ1) is 43.5. The molecule has 1 aromatic heterocycles. The van der Waals surface area contributed by atoms with E-state index in [1.807, 2.05) is 0 Å². The molecule has 0 amide bonds. The minimum atomic E-state index is -4.66. The summed E-state index contributed by atoms with van der Waals surface area (Å²) in [5.41, 5.74) is 1.29. The number of unbranched alkanes of at least 4 members (excludes halogenated alkanes) is 16. The second-order valence-electron chi connectivity index (χ2n) is 13.9. The van der Waals surface area contributed by atoms with Crippen LogP contribution in [0.1, 0.15) is 162 Å². The van der Waals surface area contributed by atoms with E-state index >= 15 is 0 Å². The second kappa shape index (κ2) is 24.4. The van der Waals surface area contributed by atoms with Crippen LogP contribution in [0.15, 0.2) is 54.9 Å². The van der Waals surface area contributed by atoms with Crippen LogP contribution in [-0.2, 0) is 4.74 Å². The molecule has 0 aliphatic rings. The van der Waals surface area contributed by atoms with Crippen LogP contribution in [0.25, 0.3) is 11.4 Å². The summed E-state index contributed by atoms with van der Waals surface area (Å²) in [5.74, 6) is -0.453. The molecule has 0 saturated heterocycles. The number of benzene rings is 2. The molecule has 1 atom stereocenters. The number of halogens is 3. The summed E-state index contributed by atoms with van der Waals surface area (Å²) in [4.78, 5) is 34.4. The SMILES string of the molecule is CCCCCCCCCCCCCCOc1cnc(-c2ccc(C(=O)Oc3ccc(C(=O)O[C@H](CCCCCCCC)C(F)(F)F)c(C)c3)cc2)nc1. The van der Waals surface area contributed by atoms with Crippen molar-refractivity contribution in [2.75, 3.05) is 6.61 Å². The van der Waals surface area contributed by atoms with E-state index in [1.165, 1.54) is 82.4 Å². The van der Waals surface area contributed by atoms with Crippen LogP contribution >= 0.6 is 0 Å². The van der Waals surface area contributed by atoms with E-state index in [0.29, 0.717) is 42.1 Å². The molecule has 53 heavy (non-hydrogen) atoms. The normalized spacial score (nSPS) is 12.0. The maximum atomic E-state index is 13.6. The van der Waals surface area contributed by atoms with Gasteiger partial charge in [-0.05, 0) is 62.1 Å². The number of carbonyl (C=O) groups excluding carboxylic acids is 2. The Bertz CT molecular complexity index is 1480. The predicted octanol–water partition coefficient (Wildman–Crippen LogP) is 12.6. The molecule has 0 saturated carbocycles. The third-order valence-electron chi connectivity index (χ3n) is 9.34. The highest BCUT2D eigenvalue weighted by Crippen LogP contribution is 2.29. The zero-order chi connectivity index (χ0) is 38.3. The Balaban J connectivity index is 1.40. The van der Waals surface area contributed by atoms with Gasteiger partial charge in [-0.2, -0.15) is 13.2 Å². The number of hydrogen-bond donors (Lipinski definition) is 0. The molecule has 2 aromatic carbocycles. The molecule has 0 spiro atoms. The molecule has 3 aromatic rings. The number of rotatable bonds is 26. The van der Waals surface area contributed by atoms with Gasteiger partial charge in [0, 0.05) is 5.56 Å². The van der Waals surface area contributed by atoms with E-state index in [0.717, 1.165) is 38.5 Å². The Hall–Kier alpha value is -3.95. The topological polar surface area (TPSA) is 87.6 Å². The van der Waals surface area contributed by atoms with E-state index in [2.05, 4.69) is 23.8 Å². The van der Waals surface area contributed by atoms with Crippen molar-refractivity contribution < 1.29 is 37.0 Å². The third kappa shape index (κ3) is 16.7. The Morgan fingerprint density at radius 3 is 1.72 bits per heavy atom. The van der Waals surface area contributed by atoms with Crippen LogP contribution in [0.2, 0.25) is 0 Å². The number of nitrogens with zero attached hydrogens (tertiary/aromatic N) is 2. The van der Waals surface area contributed by atoms with Crippen LogP contribution in [0.5, 0.6) is 11.5 Å². The van der Waals surface area contributed by atoms with Gasteiger partial charge in [0.2, 0.25) is 0 Å². The summed E-state index contributed by atoms with van der Waals surface area (Å²) in [5, 5.41) is 0. The summed E-state index contributed by atoms with van der Waals surface area (Å²) in [6.07, 6.45) is 16.6. The second-order valence-corrected chi connectivity index (χ2v) is 13.9. The number of alkyl halides is 3. The molecule has 0 bridgehead atoms. The van der Waals surface area contributed by atoms with Crippen molar-refractivity contribution in [2.45, 2.75) is 155 Å². The largest absolute Gasteiger partial charge is 0.490 e. The van der Waals surface area contributed by atoms with Crippen molar-refractivity contribution in [3.05, 3.63) is 71.5 Å². The van der Waals surface area contributed by atoms with Gasteiger partial charge in [-0.1, -0.05) is 129 Å². The van der Waals surface area contributed by atoms with Crippen molar-refractivity contribution in [1.29, 1.82) is 0 Å². The molecule has 0 N–H and O–H groups in total. The first-order valence-corrected chi connectivity index (χ1v) is 19.8. The van der Waals surface area contributed by atoms with Crippen molar-refractivity contribution in [3.63, 3.8) is 0 Å². The number of esters is 2. The van der Waals surface area contributed by atoms with E-state index in [4.69, 9.17) is 14.2 Å². The first-order valence-electron chi connectivity index (χ1n) is 19.8. The van der Waals surface area contributed by atoms with Crippen molar-refractivity contribution in [1.82, 2.24) is 9.97 Å². The highest BCUT2D eigenvalue weighted by Gasteiger charge is 2.42. The average Bonchev–Trinajstić information content (AvgIpc) is 3.14. The third-order valence-corrected chi connectivity index (χ3v) is 9.34. The van der Waals surface area contributed by atoms with Gasteiger partial charge in [-0.25, -0.2) is 19.6 Å². The number of aromatic nitrogens is 2. The van der Waals surface area contributed by atoms with Crippen molar-refractivity contribution in [3.8, 4) is 22.9 Å². The molecule has 3 rings (SSSR count). The predicted molar refractivity (Wildman–Crippen MR) is 203 cm³/mol. The van der Waals surface area contributed by atoms with Gasteiger partial charge in [0.25, 0.3) is 0 Å². The standard InChI is InChI=1S/C43H59F3N2O5/c1-4-6-8-10-12-13-14-15-16-17-19-21-29-51-37-31-47-40(48-32-37)34-23-25-35(26-24-34)41(49)52-36-27-28-38(33(3)30-36)42(50)53-39(43(44,45)46)22-20-18-11-9-7-5-2/h23-28,30-32,39H,4-22,29H2,1-3H3/t39-/m1/s1. The Kier molecular flexibility index (Phi) is 20.0. The highest BCUT2D eigenvalue weighted by molar-refractivity contribution is 5.93. The quantitative estimate of drug-likeness (QED) is 0.0460. The van der Waals surface area contributed by atoms with Gasteiger partial charge < -0.3 is 14.2 Å². The van der Waals surface area contributed by atoms with Crippen molar-refractivity contribution in [2.24, 2.45) is 0 Å². The average molecular weight is 741 g/mol. The van der Waals surface area contributed by atoms with Crippen LogP contribution in [0, 0.1) is 6.92 Å². The Labute approximate surface area is 314 Å². The Morgan fingerprint density at radius 1 is 0.660 bits per heavy atom. The molecule has 1 heterocycles. The zero-order valence-electron chi connectivity index (χ0n) is 32.0. The van der Waals surface area contributed by atoms with Crippen LogP contribution < -0.4 is 9.47 Å². The molecule has 7 nitrogen and oxygen atoms in total. The number of hydrogen-bond acceptors (Lipinski definition) is 7. The lowest BCUT2D eigenvalue weighted by Crippen LogP contribution is -2.34. The van der Waals surface area contributed by atoms with Crippen molar-refractivity contribution >= 4 is 11.9 Å². The lowest BCUT2D eigenvalue weighted by Gasteiger charge is -2.21. The van der Waals surface area contributed by atoms with E-state index in [9.17, 15) is 22.8 Å². The number of ether oxygens (including phenoxy) is 3.